The van der Waals surface area contributed by atoms with E-state index in [1.165, 1.54) is 21.6 Å². The van der Waals surface area contributed by atoms with Crippen LogP contribution in [0.1, 0.15) is 29.1 Å². The van der Waals surface area contributed by atoms with Gasteiger partial charge in [-0.3, -0.25) is 0 Å². The Morgan fingerprint density at radius 2 is 1.96 bits per heavy atom. The third-order valence-electron chi connectivity index (χ3n) is 3.56. The largest absolute Gasteiger partial charge is 0.322 e. The van der Waals surface area contributed by atoms with Gasteiger partial charge in [-0.1, -0.05) is 42.0 Å². The molecule has 0 amide bonds. The molecule has 1 aromatic heterocycles. The van der Waals surface area contributed by atoms with E-state index in [0.29, 0.717) is 0 Å². The molecule has 23 heavy (non-hydrogen) atoms. The Hall–Kier alpha value is -1.62. The highest BCUT2D eigenvalue weighted by molar-refractivity contribution is 7.98. The summed E-state index contributed by atoms with van der Waals surface area (Å²) in [7, 11) is 0. The Balaban J connectivity index is 1.88. The monoisotopic (exact) mass is 340 g/mol. The predicted octanol–water partition coefficient (Wildman–Crippen LogP) is 5.43. The lowest BCUT2D eigenvalue weighted by atomic mass is 10.1. The van der Waals surface area contributed by atoms with Gasteiger partial charge < -0.3 is 5.73 Å². The summed E-state index contributed by atoms with van der Waals surface area (Å²) in [4.78, 5) is 5.98. The van der Waals surface area contributed by atoms with E-state index >= 15 is 0 Å². The fourth-order valence-electron chi connectivity index (χ4n) is 2.33. The van der Waals surface area contributed by atoms with Gasteiger partial charge in [0.15, 0.2) is 0 Å². The normalized spacial score (nSPS) is 12.3. The number of thiazole rings is 1. The summed E-state index contributed by atoms with van der Waals surface area (Å²) in [6.07, 6.45) is 0. The van der Waals surface area contributed by atoms with E-state index in [0.717, 1.165) is 16.5 Å². The molecule has 4 heteroatoms. The Labute approximate surface area is 145 Å². The van der Waals surface area contributed by atoms with Crippen molar-refractivity contribution >= 4 is 23.1 Å². The van der Waals surface area contributed by atoms with Crippen molar-refractivity contribution in [3.63, 3.8) is 0 Å². The van der Waals surface area contributed by atoms with Gasteiger partial charge in [-0.25, -0.2) is 4.98 Å². The van der Waals surface area contributed by atoms with E-state index in [1.807, 2.05) is 18.7 Å². The first kappa shape index (κ1) is 16.2. The highest BCUT2D eigenvalue weighted by Crippen LogP contribution is 2.35. The molecular weight excluding hydrogens is 320 g/mol. The molecule has 2 nitrogen and oxygen atoms in total. The van der Waals surface area contributed by atoms with Gasteiger partial charge in [-0.05, 0) is 31.5 Å². The summed E-state index contributed by atoms with van der Waals surface area (Å²) in [6, 6.07) is 17.1. The van der Waals surface area contributed by atoms with Crippen LogP contribution < -0.4 is 5.73 Å². The van der Waals surface area contributed by atoms with Gasteiger partial charge in [0, 0.05) is 21.6 Å². The van der Waals surface area contributed by atoms with Crippen LogP contribution >= 0.6 is 23.1 Å². The van der Waals surface area contributed by atoms with Crippen molar-refractivity contribution in [1.29, 1.82) is 0 Å². The van der Waals surface area contributed by atoms with Crippen molar-refractivity contribution in [2.45, 2.75) is 30.5 Å². The molecule has 0 aliphatic rings. The number of aromatic nitrogens is 1. The van der Waals surface area contributed by atoms with Gasteiger partial charge in [-0.15, -0.1) is 23.1 Å². The van der Waals surface area contributed by atoms with Gasteiger partial charge in [0.25, 0.3) is 0 Å². The number of rotatable bonds is 5. The molecule has 3 rings (SSSR count). The minimum atomic E-state index is -0.0148. The maximum Gasteiger partial charge on any atom is 0.110 e. The third-order valence-corrected chi connectivity index (χ3v) is 5.75. The lowest BCUT2D eigenvalue weighted by Gasteiger charge is -2.09. The van der Waals surface area contributed by atoms with Gasteiger partial charge in [0.2, 0.25) is 0 Å². The van der Waals surface area contributed by atoms with Gasteiger partial charge in [-0.2, -0.15) is 0 Å². The summed E-state index contributed by atoms with van der Waals surface area (Å²) in [6.45, 7) is 4.10. The summed E-state index contributed by atoms with van der Waals surface area (Å²) >= 11 is 3.49. The molecule has 3 aromatic rings. The predicted molar refractivity (Wildman–Crippen MR) is 101 cm³/mol. The van der Waals surface area contributed by atoms with Crippen LogP contribution in [-0.4, -0.2) is 4.98 Å². The summed E-state index contributed by atoms with van der Waals surface area (Å²) < 4.78 is 0. The number of aryl methyl sites for hydroxylation is 1. The number of benzene rings is 2. The fourth-order valence-corrected chi connectivity index (χ4v) is 4.10. The molecule has 2 N–H and O–H groups in total. The number of nitrogens with two attached hydrogens (primary N) is 1. The summed E-state index contributed by atoms with van der Waals surface area (Å²) in [5.74, 6) is 0.960. The van der Waals surface area contributed by atoms with E-state index in [4.69, 9.17) is 10.7 Å². The average molecular weight is 341 g/mol. The average Bonchev–Trinajstić information content (AvgIpc) is 3.05. The minimum Gasteiger partial charge on any atom is -0.322 e. The van der Waals surface area contributed by atoms with Crippen LogP contribution in [0.25, 0.3) is 11.3 Å². The number of thioether (sulfide) groups is 1. The van der Waals surface area contributed by atoms with Crippen molar-refractivity contribution in [2.75, 3.05) is 0 Å². The topological polar surface area (TPSA) is 38.9 Å². The zero-order valence-corrected chi connectivity index (χ0v) is 15.0. The zero-order chi connectivity index (χ0) is 16.2. The van der Waals surface area contributed by atoms with Crippen LogP contribution in [0, 0.1) is 6.92 Å². The molecule has 0 saturated carbocycles. The van der Waals surface area contributed by atoms with Crippen LogP contribution in [0.5, 0.6) is 0 Å². The van der Waals surface area contributed by atoms with Gasteiger partial charge in [0.1, 0.15) is 5.01 Å². The standard InChI is InChI=1S/C19H20N2S2/c1-13-8-9-18(22-11-15-6-4-3-5-7-15)16(10-13)17-12-23-19(21-17)14(2)20/h3-10,12,14H,11,20H2,1-2H3. The quantitative estimate of drug-likeness (QED) is 0.629. The summed E-state index contributed by atoms with van der Waals surface area (Å²) in [5.41, 5.74) is 10.8. The van der Waals surface area contributed by atoms with Crippen molar-refractivity contribution < 1.29 is 0 Å². The van der Waals surface area contributed by atoms with Crippen LogP contribution in [0.3, 0.4) is 0 Å². The number of hydrogen-bond acceptors (Lipinski definition) is 4. The molecule has 0 bridgehead atoms. The molecule has 0 saturated heterocycles. The number of hydrogen-bond donors (Lipinski definition) is 1. The highest BCUT2D eigenvalue weighted by Gasteiger charge is 2.12. The van der Waals surface area contributed by atoms with Gasteiger partial charge in [0.05, 0.1) is 11.7 Å². The molecule has 118 valence electrons. The first-order chi connectivity index (χ1) is 11.1. The van der Waals surface area contributed by atoms with E-state index in [9.17, 15) is 0 Å². The number of nitrogens with zero attached hydrogens (tertiary/aromatic N) is 1. The van der Waals surface area contributed by atoms with E-state index < -0.39 is 0 Å². The Bertz CT molecular complexity index is 779. The maximum absolute atomic E-state index is 5.95. The van der Waals surface area contributed by atoms with Crippen molar-refractivity contribution in [3.05, 3.63) is 70.0 Å². The molecule has 1 unspecified atom stereocenters. The molecule has 0 aliphatic carbocycles. The van der Waals surface area contributed by atoms with Crippen molar-refractivity contribution in [1.82, 2.24) is 4.98 Å². The van der Waals surface area contributed by atoms with Crippen LogP contribution in [0.15, 0.2) is 58.8 Å². The molecule has 0 radical (unpaired) electrons. The third kappa shape index (κ3) is 4.02. The SMILES string of the molecule is Cc1ccc(SCc2ccccc2)c(-c2csc(C(C)N)n2)c1. The second-order valence-electron chi connectivity index (χ2n) is 5.63. The minimum absolute atomic E-state index is 0.0148. The zero-order valence-electron chi connectivity index (χ0n) is 13.3. The lowest BCUT2D eigenvalue weighted by Crippen LogP contribution is -2.03. The van der Waals surface area contributed by atoms with Crippen molar-refractivity contribution in [3.8, 4) is 11.3 Å². The first-order valence-corrected chi connectivity index (χ1v) is 9.49. The Morgan fingerprint density at radius 3 is 2.65 bits per heavy atom. The molecule has 1 heterocycles. The smallest absolute Gasteiger partial charge is 0.110 e. The lowest BCUT2D eigenvalue weighted by molar-refractivity contribution is 0.808. The maximum atomic E-state index is 5.95. The van der Waals surface area contributed by atoms with Crippen LogP contribution in [0.4, 0.5) is 0 Å². The highest BCUT2D eigenvalue weighted by atomic mass is 32.2. The Kier molecular flexibility index (Phi) is 5.16. The summed E-state index contributed by atoms with van der Waals surface area (Å²) in [5, 5.41) is 3.10. The molecular formula is C19H20N2S2. The second-order valence-corrected chi connectivity index (χ2v) is 7.54. The molecule has 0 aliphatic heterocycles. The molecule has 2 aromatic carbocycles. The Morgan fingerprint density at radius 1 is 1.17 bits per heavy atom. The van der Waals surface area contributed by atoms with E-state index in [1.54, 1.807) is 11.3 Å². The van der Waals surface area contributed by atoms with E-state index in [2.05, 4.69) is 60.8 Å². The first-order valence-electron chi connectivity index (χ1n) is 7.62. The van der Waals surface area contributed by atoms with Crippen LogP contribution in [-0.2, 0) is 5.75 Å². The van der Waals surface area contributed by atoms with E-state index in [-0.39, 0.29) is 6.04 Å². The van der Waals surface area contributed by atoms with Crippen LogP contribution in [0.2, 0.25) is 0 Å². The van der Waals surface area contributed by atoms with Crippen molar-refractivity contribution in [2.24, 2.45) is 5.73 Å². The molecule has 0 fully saturated rings. The molecule has 1 atom stereocenters. The second kappa shape index (κ2) is 7.30. The fraction of sp³-hybridized carbons (Fsp3) is 0.211. The van der Waals surface area contributed by atoms with Gasteiger partial charge >= 0.3 is 0 Å². The molecule has 0 spiro atoms.